The van der Waals surface area contributed by atoms with Gasteiger partial charge in [0.05, 0.1) is 16.3 Å². The van der Waals surface area contributed by atoms with E-state index in [-0.39, 0.29) is 53.1 Å². The molecular weight excluding hydrogens is 538 g/mol. The highest BCUT2D eigenvalue weighted by atomic mass is 32.1. The van der Waals surface area contributed by atoms with E-state index in [1.54, 1.807) is 4.90 Å². The zero-order valence-electron chi connectivity index (χ0n) is 22.8. The predicted molar refractivity (Wildman–Crippen MR) is 155 cm³/mol. The molecule has 0 spiro atoms. The lowest BCUT2D eigenvalue weighted by atomic mass is 9.94. The van der Waals surface area contributed by atoms with Crippen LogP contribution < -0.4 is 10.6 Å². The van der Waals surface area contributed by atoms with Crippen LogP contribution in [0, 0.1) is 23.2 Å². The molecule has 210 valence electrons. The van der Waals surface area contributed by atoms with Crippen LogP contribution >= 0.6 is 11.3 Å². The van der Waals surface area contributed by atoms with Crippen molar-refractivity contribution in [2.75, 3.05) is 13.1 Å². The summed E-state index contributed by atoms with van der Waals surface area (Å²) in [7, 11) is 0. The summed E-state index contributed by atoms with van der Waals surface area (Å²) >= 11 is 1.28. The molecule has 4 heterocycles. The van der Waals surface area contributed by atoms with Gasteiger partial charge in [0.15, 0.2) is 5.01 Å². The van der Waals surface area contributed by atoms with Gasteiger partial charge in [0.1, 0.15) is 11.7 Å². The van der Waals surface area contributed by atoms with Crippen LogP contribution in [-0.2, 0) is 9.59 Å². The molecule has 41 heavy (non-hydrogen) atoms. The molecule has 2 aliphatic heterocycles. The molecule has 9 nitrogen and oxygen atoms in total. The van der Waals surface area contributed by atoms with Gasteiger partial charge in [-0.1, -0.05) is 44.2 Å². The van der Waals surface area contributed by atoms with E-state index in [1.165, 1.54) is 11.3 Å². The van der Waals surface area contributed by atoms with Crippen LogP contribution in [0.15, 0.2) is 54.6 Å². The molecule has 3 fully saturated rings. The number of carbonyl (C=O) groups is 4. The molecule has 2 aromatic heterocycles. The number of Topliss-reactive ketones (excluding diaryl/α,β-unsaturated/α-hetero) is 1. The van der Waals surface area contributed by atoms with E-state index in [0.717, 1.165) is 21.1 Å². The number of hydrogen-bond acceptors (Lipinski definition) is 6. The molecule has 3 N–H and O–H groups in total. The largest absolute Gasteiger partial charge is 0.356 e. The van der Waals surface area contributed by atoms with Crippen LogP contribution in [0.25, 0.3) is 21.1 Å². The summed E-state index contributed by atoms with van der Waals surface area (Å²) in [5.74, 6) is -1.19. The summed E-state index contributed by atoms with van der Waals surface area (Å²) < 4.78 is 0.882. The van der Waals surface area contributed by atoms with Crippen molar-refractivity contribution in [1.29, 1.82) is 0 Å². The van der Waals surface area contributed by atoms with Crippen LogP contribution in [-0.4, -0.2) is 63.5 Å². The van der Waals surface area contributed by atoms with E-state index < -0.39 is 12.1 Å². The number of likely N-dealkylation sites (tertiary alicyclic amines) is 1. The lowest BCUT2D eigenvalue weighted by molar-refractivity contribution is -0.127. The van der Waals surface area contributed by atoms with Crippen LogP contribution in [0.3, 0.4) is 0 Å². The fourth-order valence-electron chi connectivity index (χ4n) is 6.91. The minimum Gasteiger partial charge on any atom is -0.356 e. The first-order chi connectivity index (χ1) is 19.7. The van der Waals surface area contributed by atoms with Gasteiger partial charge in [-0.2, -0.15) is 0 Å². The van der Waals surface area contributed by atoms with E-state index in [1.807, 2.05) is 54.6 Å². The van der Waals surface area contributed by atoms with Gasteiger partial charge in [-0.15, -0.1) is 11.3 Å². The van der Waals surface area contributed by atoms with Crippen molar-refractivity contribution < 1.29 is 19.2 Å². The van der Waals surface area contributed by atoms with Crippen molar-refractivity contribution >= 4 is 56.0 Å². The summed E-state index contributed by atoms with van der Waals surface area (Å²) in [6, 6.07) is 15.4. The zero-order valence-corrected chi connectivity index (χ0v) is 23.7. The number of benzene rings is 2. The lowest BCUT2D eigenvalue weighted by Gasteiger charge is -2.31. The molecule has 5 atom stereocenters. The second-order valence-electron chi connectivity index (χ2n) is 12.1. The number of thiazole rings is 1. The number of nitrogens with zero attached hydrogens (tertiary/aromatic N) is 2. The topological polar surface area (TPSA) is 124 Å². The van der Waals surface area contributed by atoms with Crippen LogP contribution in [0.5, 0.6) is 0 Å². The maximum atomic E-state index is 14.1. The number of H-pyrrole nitrogens is 1. The number of aromatic nitrogens is 2. The maximum Gasteiger partial charge on any atom is 0.271 e. The normalized spacial score (nSPS) is 25.2. The first-order valence-electron chi connectivity index (χ1n) is 14.1. The van der Waals surface area contributed by atoms with Crippen molar-refractivity contribution in [2.45, 2.75) is 38.8 Å². The fraction of sp³-hybridized carbons (Fsp3) is 0.387. The fourth-order valence-corrected chi connectivity index (χ4v) is 7.87. The van der Waals surface area contributed by atoms with Gasteiger partial charge >= 0.3 is 0 Å². The van der Waals surface area contributed by atoms with Crippen LogP contribution in [0.4, 0.5) is 0 Å². The molecule has 1 saturated carbocycles. The minimum atomic E-state index is -0.928. The average Bonchev–Trinajstić information content (AvgIpc) is 3.60. The summed E-state index contributed by atoms with van der Waals surface area (Å²) in [5, 5.41) is 7.06. The van der Waals surface area contributed by atoms with Gasteiger partial charge in [-0.05, 0) is 54.4 Å². The third-order valence-corrected chi connectivity index (χ3v) is 10.4. The Kier molecular flexibility index (Phi) is 6.01. The van der Waals surface area contributed by atoms with Gasteiger partial charge in [-0.25, -0.2) is 4.98 Å². The summed E-state index contributed by atoms with van der Waals surface area (Å²) in [6.45, 7) is 5.28. The smallest absolute Gasteiger partial charge is 0.271 e. The van der Waals surface area contributed by atoms with E-state index in [0.29, 0.717) is 30.2 Å². The number of amides is 3. The monoisotopic (exact) mass is 569 g/mol. The number of aromatic amines is 1. The third kappa shape index (κ3) is 4.32. The summed E-state index contributed by atoms with van der Waals surface area (Å²) in [5.41, 5.74) is 1.93. The number of nitrogens with one attached hydrogen (secondary N) is 3. The van der Waals surface area contributed by atoms with Gasteiger partial charge in [0.25, 0.3) is 5.91 Å². The number of fused-ring (bicyclic) bond motifs is 3. The number of carbonyl (C=O) groups excluding carboxylic acids is 4. The van der Waals surface area contributed by atoms with Crippen molar-refractivity contribution in [2.24, 2.45) is 23.2 Å². The quantitative estimate of drug-likeness (QED) is 0.292. The van der Waals surface area contributed by atoms with Crippen LogP contribution in [0.1, 0.15) is 47.0 Å². The molecule has 3 amide bonds. The molecule has 0 unspecified atom stereocenters. The van der Waals surface area contributed by atoms with E-state index in [9.17, 15) is 19.2 Å². The predicted octanol–water partition coefficient (Wildman–Crippen LogP) is 3.77. The highest BCUT2D eigenvalue weighted by molar-refractivity contribution is 7.20. The highest BCUT2D eigenvalue weighted by Gasteiger charge is 2.69. The molecule has 7 rings (SSSR count). The Balaban J connectivity index is 1.18. The molecule has 1 aliphatic carbocycles. The van der Waals surface area contributed by atoms with Crippen molar-refractivity contribution in [3.8, 4) is 0 Å². The Morgan fingerprint density at radius 1 is 1.15 bits per heavy atom. The first kappa shape index (κ1) is 25.9. The minimum absolute atomic E-state index is 0.0104. The molecule has 0 radical (unpaired) electrons. The Bertz CT molecular complexity index is 1660. The van der Waals surface area contributed by atoms with Crippen LogP contribution in [0.2, 0.25) is 0 Å². The van der Waals surface area contributed by atoms with Crippen molar-refractivity contribution in [3.05, 3.63) is 65.3 Å². The van der Waals surface area contributed by atoms with E-state index in [2.05, 4.69) is 34.4 Å². The van der Waals surface area contributed by atoms with Crippen molar-refractivity contribution in [3.63, 3.8) is 0 Å². The Labute approximate surface area is 240 Å². The number of piperidine rings is 1. The Morgan fingerprint density at radius 3 is 2.68 bits per heavy atom. The summed E-state index contributed by atoms with van der Waals surface area (Å²) in [6.07, 6.45) is 0.789. The van der Waals surface area contributed by atoms with Crippen molar-refractivity contribution in [1.82, 2.24) is 25.5 Å². The molecule has 2 aromatic carbocycles. The highest BCUT2D eigenvalue weighted by Crippen LogP contribution is 2.65. The Hall–Kier alpha value is -4.05. The molecular formula is C31H31N5O4S. The molecule has 4 aromatic rings. The van der Waals surface area contributed by atoms with E-state index >= 15 is 0 Å². The lowest BCUT2D eigenvalue weighted by Crippen LogP contribution is -2.54. The Morgan fingerprint density at radius 2 is 1.93 bits per heavy atom. The van der Waals surface area contributed by atoms with E-state index in [4.69, 9.17) is 0 Å². The zero-order chi connectivity index (χ0) is 28.5. The van der Waals surface area contributed by atoms with Gasteiger partial charge < -0.3 is 20.5 Å². The third-order valence-electron chi connectivity index (χ3n) is 9.32. The molecule has 3 aliphatic rings. The number of para-hydroxylation sites is 2. The SMILES string of the molecule is CC1(C)[C@@H]2[C@@H](C(=O)N[C@@H](C[C@@H]3CCNC3=O)C(=O)c3nc4ccccc4s3)N(C(=O)c3cc4ccccc4[nH]3)C[C@@H]21. The molecule has 10 heteroatoms. The van der Waals surface area contributed by atoms with Gasteiger partial charge in [-0.3, -0.25) is 19.2 Å². The summed E-state index contributed by atoms with van der Waals surface area (Å²) in [4.78, 5) is 63.5. The molecule has 0 bridgehead atoms. The first-order valence-corrected chi connectivity index (χ1v) is 14.9. The number of hydrogen-bond donors (Lipinski definition) is 3. The van der Waals surface area contributed by atoms with Gasteiger partial charge in [0.2, 0.25) is 17.6 Å². The van der Waals surface area contributed by atoms with Gasteiger partial charge in [0, 0.05) is 29.9 Å². The number of ketones is 1. The average molecular weight is 570 g/mol. The maximum absolute atomic E-state index is 14.1. The number of rotatable bonds is 7. The second-order valence-corrected chi connectivity index (χ2v) is 13.1. The molecule has 2 saturated heterocycles. The standard InChI is InChI=1S/C31H31N5O4S/c1-31(2)18-15-36(30(40)22-13-16-7-3-4-8-19(16)33-22)25(24(18)31)28(39)34-21(14-17-11-12-32-27(17)38)26(37)29-35-20-9-5-6-10-23(20)41-29/h3-10,13,17-18,21,24-25,33H,11-12,14-15H2,1-2H3,(H,32,38)(H,34,39)/t17-,18-,21-,24-,25-/m0/s1. The second kappa shape index (κ2) is 9.51.